The van der Waals surface area contributed by atoms with Crippen LogP contribution in [0, 0.1) is 5.82 Å². The van der Waals surface area contributed by atoms with Gasteiger partial charge in [-0.2, -0.15) is 5.10 Å². The molecule has 2 aliphatic rings. The van der Waals surface area contributed by atoms with Gasteiger partial charge in [0, 0.05) is 29.3 Å². The van der Waals surface area contributed by atoms with Crippen molar-refractivity contribution in [1.29, 1.82) is 0 Å². The maximum atomic E-state index is 13.7. The molecule has 2 aromatic heterocycles. The Balaban J connectivity index is 1.48. The van der Waals surface area contributed by atoms with Crippen LogP contribution in [0.1, 0.15) is 45.9 Å². The largest absolute Gasteiger partial charge is 0.376 e. The minimum absolute atomic E-state index is 0.0436. The van der Waals surface area contributed by atoms with E-state index >= 15 is 0 Å². The Morgan fingerprint density at radius 3 is 2.83 bits per heavy atom. The van der Waals surface area contributed by atoms with Gasteiger partial charge < -0.3 is 9.64 Å². The van der Waals surface area contributed by atoms with Crippen LogP contribution < -0.4 is 0 Å². The molecule has 0 radical (unpaired) electrons. The van der Waals surface area contributed by atoms with Gasteiger partial charge in [-0.3, -0.25) is 4.79 Å². The lowest BCUT2D eigenvalue weighted by molar-refractivity contribution is 0.0504. The Kier molecular flexibility index (Phi) is 5.39. The Hall–Kier alpha value is -2.51. The summed E-state index contributed by atoms with van der Waals surface area (Å²) >= 11 is 1.65. The topological polar surface area (TPSA) is 47.4 Å². The molecule has 3 aromatic rings. The zero-order valence-electron chi connectivity index (χ0n) is 16.7. The Morgan fingerprint density at radius 1 is 1.23 bits per heavy atom. The molecule has 1 unspecified atom stereocenters. The summed E-state index contributed by atoms with van der Waals surface area (Å²) in [4.78, 5) is 16.7. The van der Waals surface area contributed by atoms with E-state index < -0.39 is 0 Å². The van der Waals surface area contributed by atoms with Crippen molar-refractivity contribution in [3.05, 3.63) is 69.4 Å². The van der Waals surface area contributed by atoms with E-state index in [1.165, 1.54) is 12.1 Å². The van der Waals surface area contributed by atoms with E-state index in [1.807, 2.05) is 21.0 Å². The number of fused-ring (bicyclic) bond motifs is 1. The van der Waals surface area contributed by atoms with Gasteiger partial charge in [-0.15, -0.1) is 11.3 Å². The third-order valence-electron chi connectivity index (χ3n) is 5.87. The van der Waals surface area contributed by atoms with Crippen molar-refractivity contribution in [2.75, 3.05) is 13.2 Å². The molecule has 1 saturated heterocycles. The van der Waals surface area contributed by atoms with Crippen molar-refractivity contribution in [2.24, 2.45) is 0 Å². The average Bonchev–Trinajstić information content (AvgIpc) is 3.53. The quantitative estimate of drug-likeness (QED) is 0.589. The van der Waals surface area contributed by atoms with Gasteiger partial charge in [0.2, 0.25) is 0 Å². The van der Waals surface area contributed by atoms with Crippen molar-refractivity contribution in [3.63, 3.8) is 0 Å². The van der Waals surface area contributed by atoms with E-state index in [0.717, 1.165) is 60.5 Å². The van der Waals surface area contributed by atoms with Crippen LogP contribution in [-0.2, 0) is 24.1 Å². The second-order valence-electron chi connectivity index (χ2n) is 7.92. The molecule has 30 heavy (non-hydrogen) atoms. The van der Waals surface area contributed by atoms with Crippen LogP contribution in [0.4, 0.5) is 4.39 Å². The van der Waals surface area contributed by atoms with Gasteiger partial charge in [0.05, 0.1) is 18.3 Å². The molecule has 5 rings (SSSR count). The van der Waals surface area contributed by atoms with Crippen LogP contribution in [0.25, 0.3) is 5.69 Å². The number of carbonyl (C=O) groups excluding carboxylic acids is 1. The molecule has 1 amide bonds. The first-order chi connectivity index (χ1) is 14.7. The number of amides is 1. The van der Waals surface area contributed by atoms with Gasteiger partial charge in [-0.1, -0.05) is 6.07 Å². The second kappa shape index (κ2) is 8.32. The summed E-state index contributed by atoms with van der Waals surface area (Å²) in [7, 11) is 0. The molecule has 1 aliphatic heterocycles. The standard InChI is InChI=1S/C23H24FN3O2S/c24-16-8-10-17(11-9-16)27-21-7-1-6-20(21)22(25-27)23(28)26(14-18-4-2-12-29-18)15-19-5-3-13-30-19/h3,5,8-11,13,18H,1-2,4,6-7,12,14-15H2. The molecule has 1 aromatic carbocycles. The van der Waals surface area contributed by atoms with Gasteiger partial charge in [0.25, 0.3) is 5.91 Å². The number of thiophene rings is 1. The van der Waals surface area contributed by atoms with Gasteiger partial charge in [0.15, 0.2) is 5.69 Å². The predicted octanol–water partition coefficient (Wildman–Crippen LogP) is 4.38. The molecular weight excluding hydrogens is 401 g/mol. The first kappa shape index (κ1) is 19.5. The van der Waals surface area contributed by atoms with Crippen LogP contribution in [-0.4, -0.2) is 39.8 Å². The smallest absolute Gasteiger partial charge is 0.275 e. The van der Waals surface area contributed by atoms with Crippen molar-refractivity contribution in [3.8, 4) is 5.69 Å². The number of carbonyl (C=O) groups is 1. The Morgan fingerprint density at radius 2 is 2.10 bits per heavy atom. The van der Waals surface area contributed by atoms with Crippen LogP contribution in [0.5, 0.6) is 0 Å². The highest BCUT2D eigenvalue weighted by Crippen LogP contribution is 2.29. The highest BCUT2D eigenvalue weighted by Gasteiger charge is 2.31. The van der Waals surface area contributed by atoms with Crippen molar-refractivity contribution in [1.82, 2.24) is 14.7 Å². The minimum Gasteiger partial charge on any atom is -0.376 e. The number of hydrogen-bond acceptors (Lipinski definition) is 4. The average molecular weight is 426 g/mol. The lowest BCUT2D eigenvalue weighted by Gasteiger charge is -2.24. The zero-order valence-corrected chi connectivity index (χ0v) is 17.5. The fourth-order valence-corrected chi connectivity index (χ4v) is 5.12. The second-order valence-corrected chi connectivity index (χ2v) is 8.95. The van der Waals surface area contributed by atoms with E-state index in [0.29, 0.717) is 18.8 Å². The molecule has 7 heteroatoms. The molecule has 1 atom stereocenters. The van der Waals surface area contributed by atoms with E-state index in [-0.39, 0.29) is 17.8 Å². The van der Waals surface area contributed by atoms with E-state index in [1.54, 1.807) is 23.5 Å². The molecule has 0 bridgehead atoms. The van der Waals surface area contributed by atoms with Crippen LogP contribution in [0.2, 0.25) is 0 Å². The summed E-state index contributed by atoms with van der Waals surface area (Å²) in [6.07, 6.45) is 4.84. The van der Waals surface area contributed by atoms with Crippen molar-refractivity contribution < 1.29 is 13.9 Å². The SMILES string of the molecule is O=C(c1nn(-c2ccc(F)cc2)c2c1CCC2)N(Cc1cccs1)CC1CCCO1. The van der Waals surface area contributed by atoms with E-state index in [2.05, 4.69) is 6.07 Å². The summed E-state index contributed by atoms with van der Waals surface area (Å²) in [5.74, 6) is -0.324. The summed E-state index contributed by atoms with van der Waals surface area (Å²) < 4.78 is 21.0. The number of nitrogens with zero attached hydrogens (tertiary/aromatic N) is 3. The summed E-state index contributed by atoms with van der Waals surface area (Å²) in [5.41, 5.74) is 3.42. The van der Waals surface area contributed by atoms with Gasteiger partial charge >= 0.3 is 0 Å². The molecule has 0 saturated carbocycles. The molecular formula is C23H24FN3O2S. The number of benzene rings is 1. The molecule has 3 heterocycles. The number of hydrogen-bond donors (Lipinski definition) is 0. The van der Waals surface area contributed by atoms with Gasteiger partial charge in [0.1, 0.15) is 5.82 Å². The highest BCUT2D eigenvalue weighted by atomic mass is 32.1. The number of ether oxygens (including phenoxy) is 1. The third-order valence-corrected chi connectivity index (χ3v) is 6.73. The fourth-order valence-electron chi connectivity index (χ4n) is 4.40. The summed E-state index contributed by atoms with van der Waals surface area (Å²) in [6, 6.07) is 10.4. The monoisotopic (exact) mass is 425 g/mol. The highest BCUT2D eigenvalue weighted by molar-refractivity contribution is 7.09. The summed E-state index contributed by atoms with van der Waals surface area (Å²) in [6.45, 7) is 1.91. The maximum Gasteiger partial charge on any atom is 0.275 e. The van der Waals surface area contributed by atoms with Crippen LogP contribution >= 0.6 is 11.3 Å². The molecule has 0 N–H and O–H groups in total. The predicted molar refractivity (Wildman–Crippen MR) is 114 cm³/mol. The first-order valence-corrected chi connectivity index (χ1v) is 11.4. The van der Waals surface area contributed by atoms with E-state index in [9.17, 15) is 9.18 Å². The summed E-state index contributed by atoms with van der Waals surface area (Å²) in [5, 5.41) is 6.75. The van der Waals surface area contributed by atoms with E-state index in [4.69, 9.17) is 9.84 Å². The van der Waals surface area contributed by atoms with Crippen LogP contribution in [0.3, 0.4) is 0 Å². The Labute approximate surface area is 179 Å². The molecule has 1 aliphatic carbocycles. The molecule has 5 nitrogen and oxygen atoms in total. The van der Waals surface area contributed by atoms with Crippen LogP contribution in [0.15, 0.2) is 41.8 Å². The minimum atomic E-state index is -0.280. The fraction of sp³-hybridized carbons (Fsp3) is 0.391. The number of halogens is 1. The Bertz CT molecular complexity index is 1020. The van der Waals surface area contributed by atoms with Gasteiger partial charge in [-0.25, -0.2) is 9.07 Å². The zero-order chi connectivity index (χ0) is 20.5. The number of rotatable bonds is 6. The number of aromatic nitrogens is 2. The van der Waals surface area contributed by atoms with Crippen molar-refractivity contribution in [2.45, 2.75) is 44.8 Å². The lowest BCUT2D eigenvalue weighted by Crippen LogP contribution is -2.37. The maximum absolute atomic E-state index is 13.7. The lowest BCUT2D eigenvalue weighted by atomic mass is 10.1. The molecule has 156 valence electrons. The molecule has 1 fully saturated rings. The third kappa shape index (κ3) is 3.79. The first-order valence-electron chi connectivity index (χ1n) is 10.5. The van der Waals surface area contributed by atoms with Gasteiger partial charge in [-0.05, 0) is 67.8 Å². The molecule has 0 spiro atoms. The van der Waals surface area contributed by atoms with Crippen molar-refractivity contribution >= 4 is 17.2 Å². The normalized spacial score (nSPS) is 18.0.